The molecule has 4 aromatic rings. The first-order valence-electron chi connectivity index (χ1n) is 8.73. The molecule has 0 saturated carbocycles. The van der Waals surface area contributed by atoms with E-state index in [0.29, 0.717) is 11.2 Å². The Balaban J connectivity index is 1.56. The fraction of sp³-hybridized carbons (Fsp3) is 0.200. The zero-order valence-corrected chi connectivity index (χ0v) is 17.6. The molecule has 0 aliphatic rings. The van der Waals surface area contributed by atoms with Crippen molar-refractivity contribution in [2.75, 3.05) is 5.32 Å². The van der Waals surface area contributed by atoms with Crippen LogP contribution in [-0.2, 0) is 7.05 Å². The number of carbonyl (C=O) groups is 1. The summed E-state index contributed by atoms with van der Waals surface area (Å²) in [5.41, 5.74) is 4.65. The first-order chi connectivity index (χ1) is 13.4. The van der Waals surface area contributed by atoms with E-state index >= 15 is 0 Å². The van der Waals surface area contributed by atoms with Gasteiger partial charge in [0.1, 0.15) is 0 Å². The summed E-state index contributed by atoms with van der Waals surface area (Å²) < 4.78 is 2.72. The van der Waals surface area contributed by atoms with Crippen LogP contribution in [0.15, 0.2) is 44.9 Å². The van der Waals surface area contributed by atoms with Crippen LogP contribution in [0.3, 0.4) is 0 Å². The molecule has 3 heterocycles. The SMILES string of the molecule is Cc1csc(Sc2ccc(NC(=O)c3cc(C)nc4c3c(C)nn4C)cc2)n1. The van der Waals surface area contributed by atoms with Crippen molar-refractivity contribution in [3.8, 4) is 0 Å². The molecule has 6 nitrogen and oxygen atoms in total. The van der Waals surface area contributed by atoms with Crippen molar-refractivity contribution in [3.05, 3.63) is 58.4 Å². The van der Waals surface area contributed by atoms with Crippen LogP contribution in [0.4, 0.5) is 5.69 Å². The molecule has 1 aromatic carbocycles. The quantitative estimate of drug-likeness (QED) is 0.526. The van der Waals surface area contributed by atoms with Crippen LogP contribution in [0.5, 0.6) is 0 Å². The number of nitrogens with zero attached hydrogens (tertiary/aromatic N) is 4. The number of hydrogen-bond donors (Lipinski definition) is 1. The summed E-state index contributed by atoms with van der Waals surface area (Å²) in [6, 6.07) is 9.59. The second-order valence-electron chi connectivity index (χ2n) is 6.55. The number of pyridine rings is 1. The number of thiazole rings is 1. The second-order valence-corrected chi connectivity index (χ2v) is 8.73. The van der Waals surface area contributed by atoms with Crippen molar-refractivity contribution in [2.45, 2.75) is 30.0 Å². The highest BCUT2D eigenvalue weighted by Gasteiger charge is 2.18. The van der Waals surface area contributed by atoms with Gasteiger partial charge in [0.2, 0.25) is 0 Å². The van der Waals surface area contributed by atoms with Crippen molar-refractivity contribution in [2.24, 2.45) is 7.05 Å². The summed E-state index contributed by atoms with van der Waals surface area (Å²) in [5, 5.41) is 10.2. The third kappa shape index (κ3) is 3.65. The molecule has 8 heteroatoms. The number of hydrogen-bond acceptors (Lipinski definition) is 6. The molecule has 3 aromatic heterocycles. The van der Waals surface area contributed by atoms with Gasteiger partial charge in [0.15, 0.2) is 9.99 Å². The largest absolute Gasteiger partial charge is 0.322 e. The number of benzene rings is 1. The fourth-order valence-electron chi connectivity index (χ4n) is 3.03. The average Bonchev–Trinajstić information content (AvgIpc) is 3.18. The zero-order valence-electron chi connectivity index (χ0n) is 16.0. The van der Waals surface area contributed by atoms with Gasteiger partial charge in [-0.25, -0.2) is 9.97 Å². The Kier molecular flexibility index (Phi) is 4.91. The minimum absolute atomic E-state index is 0.164. The lowest BCUT2D eigenvalue weighted by molar-refractivity contribution is 0.102. The molecule has 28 heavy (non-hydrogen) atoms. The van der Waals surface area contributed by atoms with Crippen LogP contribution >= 0.6 is 23.1 Å². The van der Waals surface area contributed by atoms with Gasteiger partial charge in [0.25, 0.3) is 5.91 Å². The number of aromatic nitrogens is 4. The Hall–Kier alpha value is -2.71. The number of amides is 1. The summed E-state index contributed by atoms with van der Waals surface area (Å²) >= 11 is 3.25. The maximum Gasteiger partial charge on any atom is 0.256 e. The highest BCUT2D eigenvalue weighted by molar-refractivity contribution is 8.01. The minimum atomic E-state index is -0.164. The molecule has 142 valence electrons. The Morgan fingerprint density at radius 2 is 1.86 bits per heavy atom. The van der Waals surface area contributed by atoms with E-state index in [1.807, 2.05) is 57.5 Å². The lowest BCUT2D eigenvalue weighted by Crippen LogP contribution is -2.13. The highest BCUT2D eigenvalue weighted by Crippen LogP contribution is 2.31. The number of fused-ring (bicyclic) bond motifs is 1. The van der Waals surface area contributed by atoms with Crippen LogP contribution in [-0.4, -0.2) is 25.7 Å². The van der Waals surface area contributed by atoms with E-state index in [1.54, 1.807) is 33.8 Å². The summed E-state index contributed by atoms with van der Waals surface area (Å²) in [4.78, 5) is 23.0. The van der Waals surface area contributed by atoms with Gasteiger partial charge in [-0.15, -0.1) is 11.3 Å². The predicted molar refractivity (Wildman–Crippen MR) is 113 cm³/mol. The number of carbonyl (C=O) groups excluding carboxylic acids is 1. The van der Waals surface area contributed by atoms with Gasteiger partial charge >= 0.3 is 0 Å². The van der Waals surface area contributed by atoms with E-state index in [0.717, 1.165) is 37.4 Å². The van der Waals surface area contributed by atoms with E-state index in [1.165, 1.54) is 0 Å². The third-order valence-electron chi connectivity index (χ3n) is 4.26. The van der Waals surface area contributed by atoms with E-state index in [4.69, 9.17) is 0 Å². The van der Waals surface area contributed by atoms with Gasteiger partial charge in [0.05, 0.1) is 16.6 Å². The summed E-state index contributed by atoms with van der Waals surface area (Å²) in [6.45, 7) is 5.76. The van der Waals surface area contributed by atoms with Gasteiger partial charge in [-0.3, -0.25) is 9.48 Å². The fourth-order valence-corrected chi connectivity index (χ4v) is 4.84. The van der Waals surface area contributed by atoms with Crippen LogP contribution < -0.4 is 5.32 Å². The van der Waals surface area contributed by atoms with Crippen LogP contribution in [0.25, 0.3) is 11.0 Å². The van der Waals surface area contributed by atoms with E-state index in [2.05, 4.69) is 20.4 Å². The van der Waals surface area contributed by atoms with E-state index in [-0.39, 0.29) is 5.91 Å². The molecule has 0 spiro atoms. The molecule has 0 fully saturated rings. The summed E-state index contributed by atoms with van der Waals surface area (Å²) in [6.07, 6.45) is 0. The van der Waals surface area contributed by atoms with Crippen LogP contribution in [0.1, 0.15) is 27.4 Å². The molecule has 0 unspecified atom stereocenters. The first-order valence-corrected chi connectivity index (χ1v) is 10.4. The van der Waals surface area contributed by atoms with Crippen molar-refractivity contribution in [1.82, 2.24) is 19.7 Å². The van der Waals surface area contributed by atoms with Crippen molar-refractivity contribution in [1.29, 1.82) is 0 Å². The lowest BCUT2D eigenvalue weighted by atomic mass is 10.1. The van der Waals surface area contributed by atoms with Gasteiger partial charge in [-0.05, 0) is 51.1 Å². The molecule has 0 bridgehead atoms. The Morgan fingerprint density at radius 1 is 1.11 bits per heavy atom. The Labute approximate surface area is 171 Å². The molecule has 0 aliphatic carbocycles. The maximum atomic E-state index is 12.9. The Morgan fingerprint density at radius 3 is 2.54 bits per heavy atom. The van der Waals surface area contributed by atoms with Gasteiger partial charge < -0.3 is 5.32 Å². The number of aryl methyl sites for hydroxylation is 4. The molecular weight excluding hydrogens is 390 g/mol. The minimum Gasteiger partial charge on any atom is -0.322 e. The molecular formula is C20H19N5OS2. The first kappa shape index (κ1) is 18.6. The normalized spacial score (nSPS) is 11.1. The standard InChI is InChI=1S/C20H19N5OS2/c1-11-9-16(17-13(3)24-25(4)18(17)21-11)19(26)23-14-5-7-15(8-6-14)28-20-22-12(2)10-27-20/h5-10H,1-4H3,(H,23,26). The monoisotopic (exact) mass is 409 g/mol. The van der Waals surface area contributed by atoms with Crippen LogP contribution in [0.2, 0.25) is 0 Å². The van der Waals surface area contributed by atoms with Crippen molar-refractivity contribution < 1.29 is 4.79 Å². The van der Waals surface area contributed by atoms with Gasteiger partial charge in [0, 0.05) is 34.4 Å². The molecule has 0 atom stereocenters. The van der Waals surface area contributed by atoms with Crippen molar-refractivity contribution >= 4 is 45.7 Å². The topological polar surface area (TPSA) is 72.7 Å². The van der Waals surface area contributed by atoms with Gasteiger partial charge in [-0.1, -0.05) is 11.8 Å². The second kappa shape index (κ2) is 7.37. The molecule has 0 radical (unpaired) electrons. The van der Waals surface area contributed by atoms with E-state index in [9.17, 15) is 4.79 Å². The third-order valence-corrected chi connectivity index (χ3v) is 6.32. The summed E-state index contributed by atoms with van der Waals surface area (Å²) in [5.74, 6) is -0.164. The molecule has 4 rings (SSSR count). The number of rotatable bonds is 4. The van der Waals surface area contributed by atoms with Gasteiger partial charge in [-0.2, -0.15) is 5.10 Å². The lowest BCUT2D eigenvalue weighted by Gasteiger charge is -2.08. The highest BCUT2D eigenvalue weighted by atomic mass is 32.2. The average molecular weight is 410 g/mol. The number of anilines is 1. The molecule has 1 N–H and O–H groups in total. The van der Waals surface area contributed by atoms with Crippen LogP contribution in [0, 0.1) is 20.8 Å². The van der Waals surface area contributed by atoms with Crippen molar-refractivity contribution in [3.63, 3.8) is 0 Å². The predicted octanol–water partition coefficient (Wildman–Crippen LogP) is 4.75. The number of nitrogens with one attached hydrogen (secondary N) is 1. The maximum absolute atomic E-state index is 12.9. The molecule has 0 saturated heterocycles. The smallest absolute Gasteiger partial charge is 0.256 e. The summed E-state index contributed by atoms with van der Waals surface area (Å²) in [7, 11) is 1.84. The Bertz CT molecular complexity index is 1180. The molecule has 1 amide bonds. The molecule has 0 aliphatic heterocycles. The van der Waals surface area contributed by atoms with E-state index < -0.39 is 0 Å². The zero-order chi connectivity index (χ0) is 19.8.